The van der Waals surface area contributed by atoms with Crippen molar-refractivity contribution in [3.05, 3.63) is 59.7 Å². The van der Waals surface area contributed by atoms with Crippen molar-refractivity contribution in [3.8, 4) is 5.75 Å². The summed E-state index contributed by atoms with van der Waals surface area (Å²) in [4.78, 5) is 10.7. The molecule has 4 fully saturated rings. The van der Waals surface area contributed by atoms with E-state index in [0.29, 0.717) is 77.2 Å². The molecular weight excluding hydrogens is 614 g/mol. The maximum atomic E-state index is 12.0. The van der Waals surface area contributed by atoms with Gasteiger partial charge in [0, 0.05) is 31.8 Å². The number of hydrogen-bond donors (Lipinski definition) is 5. The number of aliphatic hydroxyl groups is 2. The van der Waals surface area contributed by atoms with Gasteiger partial charge in [0.25, 0.3) is 0 Å². The summed E-state index contributed by atoms with van der Waals surface area (Å²) in [5.41, 5.74) is 0.923. The Morgan fingerprint density at radius 1 is 0.917 bits per heavy atom. The Morgan fingerprint density at radius 2 is 1.60 bits per heavy atom. The molecule has 4 aliphatic rings. The number of carbonyl (C=O) groups excluding carboxylic acids is 1. The van der Waals surface area contributed by atoms with Gasteiger partial charge in [-0.25, -0.2) is 0 Å². The highest BCUT2D eigenvalue weighted by Crippen LogP contribution is 2.42. The fourth-order valence-corrected chi connectivity index (χ4v) is 7.77. The number of nitrogens with zero attached hydrogens (tertiary/aromatic N) is 1. The van der Waals surface area contributed by atoms with E-state index in [9.17, 15) is 20.1 Å². The lowest BCUT2D eigenvalue weighted by atomic mass is 9.80. The van der Waals surface area contributed by atoms with Crippen molar-refractivity contribution in [2.24, 2.45) is 11.8 Å². The van der Waals surface area contributed by atoms with Gasteiger partial charge in [0.05, 0.1) is 71.1 Å². The number of benzene rings is 2. The monoisotopic (exact) mass is 670 g/mol. The van der Waals surface area contributed by atoms with Gasteiger partial charge in [-0.3, -0.25) is 4.79 Å². The first-order chi connectivity index (χ1) is 23.4. The van der Waals surface area contributed by atoms with Gasteiger partial charge < -0.3 is 49.4 Å². The molecule has 3 saturated heterocycles. The van der Waals surface area contributed by atoms with Crippen molar-refractivity contribution >= 4 is 12.1 Å². The summed E-state index contributed by atoms with van der Waals surface area (Å²) in [6, 6.07) is 14.8. The molecule has 3 aliphatic heterocycles. The minimum absolute atomic E-state index is 0.0533. The lowest BCUT2D eigenvalue weighted by Gasteiger charge is -2.52. The molecule has 1 aliphatic carbocycles. The van der Waals surface area contributed by atoms with Crippen LogP contribution >= 0.6 is 0 Å². The van der Waals surface area contributed by atoms with Gasteiger partial charge in [0.15, 0.2) is 0 Å². The van der Waals surface area contributed by atoms with Gasteiger partial charge in [-0.2, -0.15) is 0 Å². The number of phenolic OH excluding ortho intramolecular Hbond substituents is 1. The van der Waals surface area contributed by atoms with E-state index in [1.807, 2.05) is 18.2 Å². The topological polar surface area (TPSA) is 139 Å². The number of rotatable bonds is 22. The van der Waals surface area contributed by atoms with Crippen LogP contribution in [-0.2, 0) is 29.3 Å². The molecule has 6 rings (SSSR count). The van der Waals surface area contributed by atoms with Crippen LogP contribution in [0.3, 0.4) is 0 Å². The van der Waals surface area contributed by atoms with Crippen LogP contribution in [-0.4, -0.2) is 118 Å². The van der Waals surface area contributed by atoms with Gasteiger partial charge >= 0.3 is 0 Å². The molecular formula is C37H56N3O8+. The smallest absolute Gasteiger partial charge is 0.211 e. The van der Waals surface area contributed by atoms with Gasteiger partial charge in [-0.1, -0.05) is 49.2 Å². The number of quaternary nitrogens is 1. The average Bonchev–Trinajstić information content (AvgIpc) is 3.67. The normalized spacial score (nSPS) is 24.4. The minimum atomic E-state index is -0.915. The second-order valence-corrected chi connectivity index (χ2v) is 13.7. The maximum absolute atomic E-state index is 12.0. The predicted molar refractivity (Wildman–Crippen MR) is 183 cm³/mol. The van der Waals surface area contributed by atoms with Crippen LogP contribution in [0.2, 0.25) is 0 Å². The van der Waals surface area contributed by atoms with Gasteiger partial charge in [0.2, 0.25) is 6.41 Å². The molecule has 48 heavy (non-hydrogen) atoms. The molecule has 1 unspecified atom stereocenters. The molecule has 11 nitrogen and oxygen atoms in total. The van der Waals surface area contributed by atoms with Crippen molar-refractivity contribution in [2.75, 3.05) is 90.8 Å². The van der Waals surface area contributed by atoms with Gasteiger partial charge in [-0.05, 0) is 42.0 Å². The summed E-state index contributed by atoms with van der Waals surface area (Å²) >= 11 is 0. The van der Waals surface area contributed by atoms with Crippen molar-refractivity contribution < 1.29 is 43.5 Å². The van der Waals surface area contributed by atoms with Crippen molar-refractivity contribution in [2.45, 2.75) is 56.3 Å². The molecule has 2 aromatic carbocycles. The molecule has 2 aromatic rings. The molecule has 5 N–H and O–H groups in total. The number of piperidine rings is 3. The third-order valence-electron chi connectivity index (χ3n) is 10.7. The number of carbonyl (C=O) groups is 1. The Kier molecular flexibility index (Phi) is 14.1. The van der Waals surface area contributed by atoms with Crippen molar-refractivity contribution in [1.29, 1.82) is 0 Å². The number of ether oxygens (including phenoxy) is 4. The zero-order chi connectivity index (χ0) is 33.7. The van der Waals surface area contributed by atoms with E-state index in [1.54, 1.807) is 12.1 Å². The second kappa shape index (κ2) is 18.4. The zero-order valence-electron chi connectivity index (χ0n) is 28.3. The molecule has 3 heterocycles. The molecule has 1 amide bonds. The van der Waals surface area contributed by atoms with E-state index in [4.69, 9.17) is 18.9 Å². The number of amides is 1. The highest BCUT2D eigenvalue weighted by Gasteiger charge is 2.48. The lowest BCUT2D eigenvalue weighted by molar-refractivity contribution is -0.946. The van der Waals surface area contributed by atoms with Crippen LogP contribution in [0.4, 0.5) is 5.69 Å². The lowest BCUT2D eigenvalue weighted by Crippen LogP contribution is -2.65. The number of aromatic hydroxyl groups is 1. The maximum Gasteiger partial charge on any atom is 0.211 e. The average molecular weight is 671 g/mol. The van der Waals surface area contributed by atoms with Crippen LogP contribution in [0, 0.1) is 11.8 Å². The SMILES string of the molecule is O=CNc1cc([C@@H](O)CNCCOCCOCCOCC[N+]23CCC(CC2)[C@@H](OCC(O)(c2ccccc2)C2CCCC2)C3)ccc1O. The van der Waals surface area contributed by atoms with Crippen LogP contribution in [0.15, 0.2) is 48.5 Å². The molecule has 11 heteroatoms. The predicted octanol–water partition coefficient (Wildman–Crippen LogP) is 3.34. The Labute approximate surface area is 285 Å². The number of aliphatic hydroxyl groups excluding tert-OH is 1. The van der Waals surface area contributed by atoms with E-state index in [2.05, 4.69) is 22.8 Å². The Bertz CT molecular complexity index is 1240. The number of anilines is 1. The van der Waals surface area contributed by atoms with Gasteiger partial charge in [0.1, 0.15) is 30.5 Å². The zero-order valence-corrected chi connectivity index (χ0v) is 28.3. The number of nitrogens with one attached hydrogen (secondary N) is 2. The molecule has 1 saturated carbocycles. The summed E-state index contributed by atoms with van der Waals surface area (Å²) in [5, 5.41) is 37.6. The first-order valence-corrected chi connectivity index (χ1v) is 17.8. The molecule has 0 aromatic heterocycles. The fourth-order valence-electron chi connectivity index (χ4n) is 7.77. The Hall–Kier alpha value is -2.61. The van der Waals surface area contributed by atoms with Crippen LogP contribution in [0.25, 0.3) is 0 Å². The summed E-state index contributed by atoms with van der Waals surface area (Å²) in [6.07, 6.45) is 6.74. The van der Waals surface area contributed by atoms with E-state index in [1.165, 1.54) is 44.8 Å². The molecule has 0 radical (unpaired) electrons. The highest BCUT2D eigenvalue weighted by atomic mass is 16.5. The van der Waals surface area contributed by atoms with Crippen molar-refractivity contribution in [1.82, 2.24) is 5.32 Å². The summed E-state index contributed by atoms with van der Waals surface area (Å²) < 4.78 is 25.0. The number of fused-ring (bicyclic) bond motifs is 3. The highest BCUT2D eigenvalue weighted by molar-refractivity contribution is 5.75. The van der Waals surface area contributed by atoms with E-state index >= 15 is 0 Å². The summed E-state index contributed by atoms with van der Waals surface area (Å²) in [7, 11) is 0. The van der Waals surface area contributed by atoms with E-state index in [0.717, 1.165) is 36.0 Å². The quantitative estimate of drug-likeness (QED) is 0.0553. The molecule has 0 spiro atoms. The number of phenols is 1. The minimum Gasteiger partial charge on any atom is -0.506 e. The van der Waals surface area contributed by atoms with Crippen LogP contribution in [0.1, 0.15) is 55.8 Å². The van der Waals surface area contributed by atoms with E-state index in [-0.39, 0.29) is 23.5 Å². The van der Waals surface area contributed by atoms with Crippen LogP contribution in [0.5, 0.6) is 5.75 Å². The molecule has 2 bridgehead atoms. The molecule has 3 atom stereocenters. The largest absolute Gasteiger partial charge is 0.506 e. The van der Waals surface area contributed by atoms with E-state index < -0.39 is 11.7 Å². The Morgan fingerprint density at radius 3 is 2.31 bits per heavy atom. The number of hydrogen-bond acceptors (Lipinski definition) is 9. The van der Waals surface area contributed by atoms with Gasteiger partial charge in [-0.15, -0.1) is 0 Å². The molecule has 266 valence electrons. The fraction of sp³-hybridized carbons (Fsp3) is 0.649. The first-order valence-electron chi connectivity index (χ1n) is 17.8. The standard InChI is InChI=1S/C37H55N3O8/c41-28-39-33-24-30(10-11-34(33)42)35(43)25-38-14-18-45-20-22-47-23-21-46-19-17-40-15-12-29(13-16-40)36(26-40)48-27-37(44,32-8-4-5-9-32)31-6-2-1-3-7-31/h1-3,6-7,10-11,24,28-29,32,35-36,38,43-44H,4-5,8-9,12-23,25-27H2,(H-,39,41,42)/p+1/t29?,35-,36-,37?,40?/m0/s1. The third kappa shape index (κ3) is 9.98. The Balaban J connectivity index is 0.906. The first kappa shape index (κ1) is 36.7. The van der Waals surface area contributed by atoms with Crippen molar-refractivity contribution in [3.63, 3.8) is 0 Å². The summed E-state index contributed by atoms with van der Waals surface area (Å²) in [6.45, 7) is 8.82. The van der Waals surface area contributed by atoms with Crippen LogP contribution < -0.4 is 10.6 Å². The second-order valence-electron chi connectivity index (χ2n) is 13.7. The summed E-state index contributed by atoms with van der Waals surface area (Å²) in [5.74, 6) is 0.789. The third-order valence-corrected chi connectivity index (χ3v) is 10.7.